The number of nitrogens with zero attached hydrogens (tertiary/aromatic N) is 1. The van der Waals surface area contributed by atoms with Crippen LogP contribution in [0.3, 0.4) is 0 Å². The number of benzene rings is 3. The minimum Gasteiger partial charge on any atom is -0.493 e. The van der Waals surface area contributed by atoms with Gasteiger partial charge >= 0.3 is 5.97 Å². The van der Waals surface area contributed by atoms with Gasteiger partial charge in [-0.3, -0.25) is 0 Å². The Morgan fingerprint density at radius 1 is 1.08 bits per heavy atom. The molecule has 194 valence electrons. The van der Waals surface area contributed by atoms with Crippen molar-refractivity contribution in [2.24, 2.45) is 0 Å². The standard InChI is InChI=1S/C28H29ClN2O5S/c1-4-35-27(32)18-9-11-20(12-10-18)36-17-24-21-16-26(34-3)25(33-2)15-19(21)13-14-31(24)28(37)30-23-8-6-5-7-22(23)29/h5-12,15-16,24H,4,13-14,17H2,1-3H3,(H,30,37)/t24-/m0/s1. The van der Waals surface area contributed by atoms with Crippen molar-refractivity contribution in [3.63, 3.8) is 0 Å². The first-order valence-electron chi connectivity index (χ1n) is 11.9. The number of para-hydroxylation sites is 1. The SMILES string of the molecule is CCOC(=O)c1ccc(OC[C@H]2c3cc(OC)c(OC)cc3CCN2C(=S)Nc2ccccc2Cl)cc1. The van der Waals surface area contributed by atoms with Crippen molar-refractivity contribution < 1.29 is 23.7 Å². The topological polar surface area (TPSA) is 69.3 Å². The summed E-state index contributed by atoms with van der Waals surface area (Å²) in [6.07, 6.45) is 0.769. The van der Waals surface area contributed by atoms with Crippen LogP contribution in [0.25, 0.3) is 0 Å². The van der Waals surface area contributed by atoms with E-state index in [-0.39, 0.29) is 12.0 Å². The Hall–Kier alpha value is -3.49. The van der Waals surface area contributed by atoms with Gasteiger partial charge in [-0.2, -0.15) is 0 Å². The molecule has 3 aromatic carbocycles. The van der Waals surface area contributed by atoms with Crippen molar-refractivity contribution in [1.82, 2.24) is 4.90 Å². The monoisotopic (exact) mass is 540 g/mol. The second kappa shape index (κ2) is 12.2. The predicted octanol–water partition coefficient (Wildman–Crippen LogP) is 5.91. The van der Waals surface area contributed by atoms with Crippen LogP contribution < -0.4 is 19.5 Å². The lowest BCUT2D eigenvalue weighted by Gasteiger charge is -2.39. The Kier molecular flexibility index (Phi) is 8.74. The number of anilines is 1. The smallest absolute Gasteiger partial charge is 0.338 e. The molecule has 1 aliphatic rings. The maximum Gasteiger partial charge on any atom is 0.338 e. The highest BCUT2D eigenvalue weighted by Crippen LogP contribution is 2.39. The lowest BCUT2D eigenvalue weighted by molar-refractivity contribution is 0.0526. The molecule has 7 nitrogen and oxygen atoms in total. The first-order chi connectivity index (χ1) is 17.9. The first kappa shape index (κ1) is 26.6. The van der Waals surface area contributed by atoms with Gasteiger partial charge in [0, 0.05) is 6.54 Å². The lowest BCUT2D eigenvalue weighted by Crippen LogP contribution is -2.44. The summed E-state index contributed by atoms with van der Waals surface area (Å²) < 4.78 is 22.4. The number of carbonyl (C=O) groups excluding carboxylic acids is 1. The Bertz CT molecular complexity index is 1270. The molecule has 3 aromatic rings. The molecule has 0 amide bonds. The Labute approximate surface area is 227 Å². The van der Waals surface area contributed by atoms with Crippen molar-refractivity contribution in [3.8, 4) is 17.2 Å². The van der Waals surface area contributed by atoms with Gasteiger partial charge in [-0.15, -0.1) is 0 Å². The molecule has 0 saturated carbocycles. The second-order valence-electron chi connectivity index (χ2n) is 8.33. The molecule has 0 fully saturated rings. The number of hydrogen-bond acceptors (Lipinski definition) is 6. The number of rotatable bonds is 8. The fourth-order valence-electron chi connectivity index (χ4n) is 4.28. The van der Waals surface area contributed by atoms with Gasteiger partial charge in [0.25, 0.3) is 0 Å². The second-order valence-corrected chi connectivity index (χ2v) is 9.12. The van der Waals surface area contributed by atoms with Crippen LogP contribution in [-0.4, -0.2) is 50.0 Å². The average Bonchev–Trinajstić information content (AvgIpc) is 2.92. The van der Waals surface area contributed by atoms with Crippen molar-refractivity contribution >= 4 is 40.6 Å². The summed E-state index contributed by atoms with van der Waals surface area (Å²) in [7, 11) is 3.24. The van der Waals surface area contributed by atoms with Crippen LogP contribution in [0.5, 0.6) is 17.2 Å². The van der Waals surface area contributed by atoms with Crippen molar-refractivity contribution in [2.75, 3.05) is 39.3 Å². The van der Waals surface area contributed by atoms with Crippen LogP contribution >= 0.6 is 23.8 Å². The number of halogens is 1. The number of fused-ring (bicyclic) bond motifs is 1. The third-order valence-electron chi connectivity index (χ3n) is 6.15. The van der Waals surface area contributed by atoms with Crippen molar-refractivity contribution in [3.05, 3.63) is 82.4 Å². The van der Waals surface area contributed by atoms with Crippen LogP contribution in [0.4, 0.5) is 5.69 Å². The fourth-order valence-corrected chi connectivity index (χ4v) is 4.79. The van der Waals surface area contributed by atoms with Crippen LogP contribution in [0.15, 0.2) is 60.7 Å². The highest BCUT2D eigenvalue weighted by atomic mass is 35.5. The molecule has 37 heavy (non-hydrogen) atoms. The molecule has 1 N–H and O–H groups in total. The van der Waals surface area contributed by atoms with Crippen LogP contribution in [-0.2, 0) is 11.2 Å². The number of methoxy groups -OCH3 is 2. The maximum atomic E-state index is 12.0. The van der Waals surface area contributed by atoms with E-state index < -0.39 is 0 Å². The van der Waals surface area contributed by atoms with E-state index in [1.54, 1.807) is 45.4 Å². The van der Waals surface area contributed by atoms with E-state index in [9.17, 15) is 4.79 Å². The molecular weight excluding hydrogens is 512 g/mol. The highest BCUT2D eigenvalue weighted by molar-refractivity contribution is 7.80. The van der Waals surface area contributed by atoms with E-state index in [4.69, 9.17) is 42.8 Å². The van der Waals surface area contributed by atoms with Crippen molar-refractivity contribution in [2.45, 2.75) is 19.4 Å². The number of carbonyl (C=O) groups is 1. The largest absolute Gasteiger partial charge is 0.493 e. The molecule has 1 heterocycles. The van der Waals surface area contributed by atoms with E-state index in [1.165, 1.54) is 0 Å². The average molecular weight is 541 g/mol. The number of thiocarbonyl (C=S) groups is 1. The summed E-state index contributed by atoms with van der Waals surface area (Å²) in [5, 5.41) is 4.41. The third-order valence-corrected chi connectivity index (χ3v) is 6.82. The molecule has 4 rings (SSSR count). The van der Waals surface area contributed by atoms with Gasteiger partial charge in [-0.1, -0.05) is 23.7 Å². The number of esters is 1. The molecule has 9 heteroatoms. The van der Waals surface area contributed by atoms with E-state index in [0.717, 1.165) is 23.2 Å². The molecule has 0 spiro atoms. The molecule has 0 radical (unpaired) electrons. The summed E-state index contributed by atoms with van der Waals surface area (Å²) >= 11 is 12.2. The zero-order chi connectivity index (χ0) is 26.4. The number of ether oxygens (including phenoxy) is 4. The Balaban J connectivity index is 1.61. The quantitative estimate of drug-likeness (QED) is 0.279. The molecule has 1 aliphatic heterocycles. The highest BCUT2D eigenvalue weighted by Gasteiger charge is 2.31. The van der Waals surface area contributed by atoms with Crippen molar-refractivity contribution in [1.29, 1.82) is 0 Å². The van der Waals surface area contributed by atoms with Crippen LogP contribution in [0.1, 0.15) is 34.5 Å². The zero-order valence-electron chi connectivity index (χ0n) is 21.0. The molecule has 0 aliphatic carbocycles. The Morgan fingerprint density at radius 3 is 2.46 bits per heavy atom. The summed E-state index contributed by atoms with van der Waals surface area (Å²) in [5.41, 5.74) is 3.39. The lowest BCUT2D eigenvalue weighted by atomic mass is 9.92. The molecule has 0 saturated heterocycles. The summed E-state index contributed by atoms with van der Waals surface area (Å²) in [6, 6.07) is 18.2. The summed E-state index contributed by atoms with van der Waals surface area (Å²) in [5.74, 6) is 1.58. The third kappa shape index (κ3) is 6.09. The summed E-state index contributed by atoms with van der Waals surface area (Å²) in [4.78, 5) is 14.1. The normalized spacial score (nSPS) is 14.4. The summed E-state index contributed by atoms with van der Waals surface area (Å²) in [6.45, 7) is 3.09. The Morgan fingerprint density at radius 2 is 1.78 bits per heavy atom. The van der Waals surface area contributed by atoms with Gasteiger partial charge in [-0.25, -0.2) is 4.79 Å². The van der Waals surface area contributed by atoms with Gasteiger partial charge in [0.05, 0.1) is 43.1 Å². The first-order valence-corrected chi connectivity index (χ1v) is 12.7. The predicted molar refractivity (Wildman–Crippen MR) is 148 cm³/mol. The minimum absolute atomic E-state index is 0.212. The van der Waals surface area contributed by atoms with Crippen LogP contribution in [0, 0.1) is 0 Å². The van der Waals surface area contributed by atoms with Gasteiger partial charge in [0.1, 0.15) is 12.4 Å². The maximum absolute atomic E-state index is 12.0. The molecule has 0 bridgehead atoms. The van der Waals surface area contributed by atoms with Gasteiger partial charge < -0.3 is 29.2 Å². The molecule has 0 unspecified atom stereocenters. The molecular formula is C28H29ClN2O5S. The van der Waals surface area contributed by atoms with E-state index in [0.29, 0.717) is 52.7 Å². The minimum atomic E-state index is -0.363. The zero-order valence-corrected chi connectivity index (χ0v) is 22.5. The molecule has 0 aromatic heterocycles. The number of nitrogens with one attached hydrogen (secondary N) is 1. The van der Waals surface area contributed by atoms with E-state index in [1.807, 2.05) is 36.4 Å². The number of hydrogen-bond donors (Lipinski definition) is 1. The fraction of sp³-hybridized carbons (Fsp3) is 0.286. The van der Waals surface area contributed by atoms with E-state index >= 15 is 0 Å². The van der Waals surface area contributed by atoms with Crippen LogP contribution in [0.2, 0.25) is 5.02 Å². The van der Waals surface area contributed by atoms with E-state index in [2.05, 4.69) is 10.2 Å². The molecule has 1 atom stereocenters. The van der Waals surface area contributed by atoms with Gasteiger partial charge in [0.15, 0.2) is 16.6 Å². The van der Waals surface area contributed by atoms with Gasteiger partial charge in [0.2, 0.25) is 0 Å². The van der Waals surface area contributed by atoms with Gasteiger partial charge in [-0.05, 0) is 85.2 Å².